The van der Waals surface area contributed by atoms with Gasteiger partial charge in [0, 0.05) is 10.4 Å². The third-order valence-electron chi connectivity index (χ3n) is 5.49. The summed E-state index contributed by atoms with van der Waals surface area (Å²) in [6, 6.07) is 7.53. The van der Waals surface area contributed by atoms with Crippen molar-refractivity contribution in [1.29, 1.82) is 0 Å². The minimum atomic E-state index is -0.242. The van der Waals surface area contributed by atoms with Crippen molar-refractivity contribution in [3.05, 3.63) is 34.6 Å². The van der Waals surface area contributed by atoms with Crippen LogP contribution in [-0.4, -0.2) is 26.1 Å². The highest BCUT2D eigenvalue weighted by molar-refractivity contribution is 9.10. The zero-order chi connectivity index (χ0) is 19.2. The number of unbranched alkanes of at least 4 members (excludes halogenated alkanes) is 1. The molecule has 1 aliphatic carbocycles. The van der Waals surface area contributed by atoms with Gasteiger partial charge >= 0.3 is 0 Å². The zero-order valence-electron chi connectivity index (χ0n) is 16.1. The molecule has 2 aromatic rings. The van der Waals surface area contributed by atoms with Crippen LogP contribution in [0.25, 0.3) is 5.69 Å². The van der Waals surface area contributed by atoms with Crippen molar-refractivity contribution in [2.75, 3.05) is 0 Å². The number of nitrogens with one attached hydrogen (secondary N) is 1. The number of nitrogens with zero attached hydrogens (tertiary/aromatic N) is 4. The van der Waals surface area contributed by atoms with E-state index in [1.165, 1.54) is 32.1 Å². The van der Waals surface area contributed by atoms with E-state index in [0.29, 0.717) is 5.82 Å². The van der Waals surface area contributed by atoms with E-state index in [9.17, 15) is 4.79 Å². The van der Waals surface area contributed by atoms with Crippen LogP contribution in [0.3, 0.4) is 0 Å². The van der Waals surface area contributed by atoms with Crippen LogP contribution >= 0.6 is 15.9 Å². The molecule has 0 saturated heterocycles. The molecular weight excluding hydrogens is 406 g/mol. The van der Waals surface area contributed by atoms with E-state index in [-0.39, 0.29) is 17.9 Å². The number of amides is 1. The highest BCUT2D eigenvalue weighted by Gasteiger charge is 2.28. The second kappa shape index (κ2) is 9.44. The Hall–Kier alpha value is -1.76. The summed E-state index contributed by atoms with van der Waals surface area (Å²) in [4.78, 5) is 12.7. The van der Waals surface area contributed by atoms with Gasteiger partial charge in [-0.3, -0.25) is 4.79 Å². The maximum absolute atomic E-state index is 12.7. The Morgan fingerprint density at radius 1 is 1.26 bits per heavy atom. The number of aromatic nitrogens is 4. The first kappa shape index (κ1) is 20.0. The Labute approximate surface area is 169 Å². The minimum Gasteiger partial charge on any atom is -0.346 e. The average Bonchev–Trinajstić information content (AvgIpc) is 3.17. The fourth-order valence-corrected chi connectivity index (χ4v) is 4.10. The van der Waals surface area contributed by atoms with Gasteiger partial charge in [-0.1, -0.05) is 42.1 Å². The molecule has 1 amide bonds. The van der Waals surface area contributed by atoms with E-state index in [0.717, 1.165) is 28.9 Å². The molecule has 0 radical (unpaired) electrons. The maximum atomic E-state index is 12.7. The van der Waals surface area contributed by atoms with Gasteiger partial charge in [0.15, 0.2) is 5.82 Å². The minimum absolute atomic E-state index is 0.113. The molecule has 0 aliphatic heterocycles. The number of halogens is 1. The Kier molecular flexibility index (Phi) is 6.99. The number of hydrogen-bond acceptors (Lipinski definition) is 4. The van der Waals surface area contributed by atoms with Crippen LogP contribution in [0.1, 0.15) is 70.7 Å². The van der Waals surface area contributed by atoms with Gasteiger partial charge in [0.1, 0.15) is 0 Å². The van der Waals surface area contributed by atoms with E-state index in [1.807, 2.05) is 31.2 Å². The molecule has 6 nitrogen and oxygen atoms in total. The van der Waals surface area contributed by atoms with Gasteiger partial charge in [-0.05, 0) is 73.2 Å². The summed E-state index contributed by atoms with van der Waals surface area (Å²) in [5, 5.41) is 15.1. The molecule has 0 bridgehead atoms. The molecule has 7 heteroatoms. The van der Waals surface area contributed by atoms with E-state index in [1.54, 1.807) is 4.68 Å². The highest BCUT2D eigenvalue weighted by atomic mass is 79.9. The molecule has 146 valence electrons. The Morgan fingerprint density at radius 2 is 1.96 bits per heavy atom. The second-order valence-electron chi connectivity index (χ2n) is 7.52. The lowest BCUT2D eigenvalue weighted by Crippen LogP contribution is -2.35. The van der Waals surface area contributed by atoms with Gasteiger partial charge in [-0.15, -0.1) is 5.10 Å². The second-order valence-corrected chi connectivity index (χ2v) is 8.43. The van der Waals surface area contributed by atoms with Gasteiger partial charge in [-0.25, -0.2) is 0 Å². The van der Waals surface area contributed by atoms with Crippen LogP contribution in [0.4, 0.5) is 0 Å². The molecule has 1 heterocycles. The monoisotopic (exact) mass is 433 g/mol. The summed E-state index contributed by atoms with van der Waals surface area (Å²) in [6.07, 6.45) is 8.19. The molecule has 1 atom stereocenters. The lowest BCUT2D eigenvalue weighted by atomic mass is 9.79. The number of hydrogen-bond donors (Lipinski definition) is 1. The summed E-state index contributed by atoms with van der Waals surface area (Å²) in [7, 11) is 0. The SMILES string of the molecule is CCCCC1CCC(C(=O)NC(C)c2nnnn2-c2ccc(Br)cc2)CC1. The summed E-state index contributed by atoms with van der Waals surface area (Å²) in [6.45, 7) is 4.17. The van der Waals surface area contributed by atoms with Crippen molar-refractivity contribution in [1.82, 2.24) is 25.5 Å². The smallest absolute Gasteiger partial charge is 0.223 e. The molecular formula is C20H28BrN5O. The van der Waals surface area contributed by atoms with Gasteiger partial charge < -0.3 is 5.32 Å². The van der Waals surface area contributed by atoms with E-state index in [4.69, 9.17) is 0 Å². The predicted octanol–water partition coefficient (Wildman–Crippen LogP) is 4.60. The third-order valence-corrected chi connectivity index (χ3v) is 6.02. The molecule has 1 unspecified atom stereocenters. The van der Waals surface area contributed by atoms with Crippen molar-refractivity contribution in [2.45, 2.75) is 64.8 Å². The molecule has 1 aliphatic rings. The number of benzene rings is 1. The molecule has 1 saturated carbocycles. The summed E-state index contributed by atoms with van der Waals surface area (Å²) in [5.74, 6) is 1.68. The lowest BCUT2D eigenvalue weighted by Gasteiger charge is -2.28. The highest BCUT2D eigenvalue weighted by Crippen LogP contribution is 2.32. The topological polar surface area (TPSA) is 72.7 Å². The molecule has 1 N–H and O–H groups in total. The quantitative estimate of drug-likeness (QED) is 0.692. The van der Waals surface area contributed by atoms with Gasteiger partial charge in [0.25, 0.3) is 0 Å². The van der Waals surface area contributed by atoms with Crippen LogP contribution in [-0.2, 0) is 4.79 Å². The van der Waals surface area contributed by atoms with Gasteiger partial charge in [0.05, 0.1) is 11.7 Å². The van der Waals surface area contributed by atoms with Crippen molar-refractivity contribution < 1.29 is 4.79 Å². The first-order valence-electron chi connectivity index (χ1n) is 9.93. The number of carbonyl (C=O) groups is 1. The zero-order valence-corrected chi connectivity index (χ0v) is 17.7. The molecule has 1 aromatic heterocycles. The average molecular weight is 434 g/mol. The lowest BCUT2D eigenvalue weighted by molar-refractivity contribution is -0.127. The Morgan fingerprint density at radius 3 is 2.63 bits per heavy atom. The maximum Gasteiger partial charge on any atom is 0.223 e. The normalized spacial score (nSPS) is 21.0. The molecule has 1 fully saturated rings. The Bertz CT molecular complexity index is 737. The van der Waals surface area contributed by atoms with Crippen LogP contribution in [0.5, 0.6) is 0 Å². The molecule has 1 aromatic carbocycles. The van der Waals surface area contributed by atoms with Crippen molar-refractivity contribution in [2.24, 2.45) is 11.8 Å². The van der Waals surface area contributed by atoms with Crippen molar-refractivity contribution in [3.63, 3.8) is 0 Å². The first-order valence-corrected chi connectivity index (χ1v) is 10.7. The molecule has 0 spiro atoms. The van der Waals surface area contributed by atoms with E-state index >= 15 is 0 Å². The van der Waals surface area contributed by atoms with Crippen molar-refractivity contribution >= 4 is 21.8 Å². The third kappa shape index (κ3) is 5.15. The standard InChI is InChI=1S/C20H28BrN5O/c1-3-4-5-15-6-8-16(9-7-15)20(27)22-14(2)19-23-24-25-26(19)18-12-10-17(21)11-13-18/h10-16H,3-9H2,1-2H3,(H,22,27). The Balaban J connectivity index is 1.58. The van der Waals surface area contributed by atoms with Gasteiger partial charge in [-0.2, -0.15) is 4.68 Å². The molecule has 3 rings (SSSR count). The number of rotatable bonds is 7. The predicted molar refractivity (Wildman–Crippen MR) is 108 cm³/mol. The largest absolute Gasteiger partial charge is 0.346 e. The van der Waals surface area contributed by atoms with E-state index in [2.05, 4.69) is 43.7 Å². The summed E-state index contributed by atoms with van der Waals surface area (Å²) in [5.41, 5.74) is 0.871. The fourth-order valence-electron chi connectivity index (χ4n) is 3.83. The van der Waals surface area contributed by atoms with Crippen LogP contribution in [0, 0.1) is 11.8 Å². The number of carbonyl (C=O) groups excluding carboxylic acids is 1. The van der Waals surface area contributed by atoms with Gasteiger partial charge in [0.2, 0.25) is 5.91 Å². The fraction of sp³-hybridized carbons (Fsp3) is 0.600. The van der Waals surface area contributed by atoms with Crippen LogP contribution < -0.4 is 5.32 Å². The van der Waals surface area contributed by atoms with Crippen LogP contribution in [0.15, 0.2) is 28.7 Å². The first-order chi connectivity index (χ1) is 13.1. The molecule has 27 heavy (non-hydrogen) atoms. The van der Waals surface area contributed by atoms with Crippen molar-refractivity contribution in [3.8, 4) is 5.69 Å². The van der Waals surface area contributed by atoms with Crippen LogP contribution in [0.2, 0.25) is 0 Å². The van der Waals surface area contributed by atoms with E-state index < -0.39 is 0 Å². The number of tetrazole rings is 1. The summed E-state index contributed by atoms with van der Waals surface area (Å²) < 4.78 is 2.68. The summed E-state index contributed by atoms with van der Waals surface area (Å²) >= 11 is 3.43.